The molecule has 0 aliphatic rings. The van der Waals surface area contributed by atoms with E-state index in [1.807, 2.05) is 0 Å². The third-order valence-corrected chi connectivity index (χ3v) is 3.25. The van der Waals surface area contributed by atoms with Gasteiger partial charge < -0.3 is 21.1 Å². The molecular formula is C11H10BrCl2N3O4. The molecule has 0 radical (unpaired) electrons. The van der Waals surface area contributed by atoms with Gasteiger partial charge in [-0.05, 0) is 12.1 Å². The zero-order valence-electron chi connectivity index (χ0n) is 10.4. The Kier molecular flexibility index (Phi) is 6.25. The van der Waals surface area contributed by atoms with Crippen LogP contribution in [0.3, 0.4) is 0 Å². The smallest absolute Gasteiger partial charge is 0.323 e. The van der Waals surface area contributed by atoms with Crippen LogP contribution < -0.4 is 11.1 Å². The van der Waals surface area contributed by atoms with Gasteiger partial charge in [-0.3, -0.25) is 9.59 Å². The summed E-state index contributed by atoms with van der Waals surface area (Å²) in [5.41, 5.74) is 5.07. The highest BCUT2D eigenvalue weighted by atomic mass is 79.9. The molecule has 3 amide bonds. The number of halogens is 3. The number of aliphatic carboxylic acids is 1. The molecule has 0 spiro atoms. The van der Waals surface area contributed by atoms with Crippen molar-refractivity contribution in [2.45, 2.75) is 0 Å². The molecule has 1 aromatic carbocycles. The summed E-state index contributed by atoms with van der Waals surface area (Å²) in [6.45, 7) is -1.25. The van der Waals surface area contributed by atoms with Crippen LogP contribution >= 0.6 is 39.1 Å². The number of carboxylic acid groups (broad SMARTS) is 1. The second-order valence-electron chi connectivity index (χ2n) is 3.89. The summed E-state index contributed by atoms with van der Waals surface area (Å²) in [5, 5.41) is 11.4. The van der Waals surface area contributed by atoms with Crippen LogP contribution in [-0.2, 0) is 9.59 Å². The zero-order valence-corrected chi connectivity index (χ0v) is 13.5. The Balaban J connectivity index is 2.96. The lowest BCUT2D eigenvalue weighted by Crippen LogP contribution is -2.43. The minimum atomic E-state index is -1.29. The van der Waals surface area contributed by atoms with Crippen molar-refractivity contribution in [3.8, 4) is 0 Å². The number of carbonyl (C=O) groups excluding carboxylic acids is 2. The number of rotatable bonds is 5. The Bertz CT molecular complexity index is 558. The maximum Gasteiger partial charge on any atom is 0.323 e. The Morgan fingerprint density at radius 3 is 2.19 bits per heavy atom. The molecule has 7 nitrogen and oxygen atoms in total. The number of carboxylic acids is 1. The second kappa shape index (κ2) is 7.48. The van der Waals surface area contributed by atoms with Crippen LogP contribution in [0, 0.1) is 0 Å². The molecule has 1 aromatic rings. The molecule has 0 aliphatic heterocycles. The highest BCUT2D eigenvalue weighted by Gasteiger charge is 2.20. The summed E-state index contributed by atoms with van der Waals surface area (Å²) in [7, 11) is 0. The van der Waals surface area contributed by atoms with Crippen LogP contribution in [0.2, 0.25) is 10.0 Å². The average Bonchev–Trinajstić information content (AvgIpc) is 2.31. The fourth-order valence-electron chi connectivity index (χ4n) is 1.40. The minimum Gasteiger partial charge on any atom is -0.480 e. The van der Waals surface area contributed by atoms with Crippen LogP contribution in [-0.4, -0.2) is 41.0 Å². The van der Waals surface area contributed by atoms with Gasteiger partial charge in [0.05, 0.1) is 15.7 Å². The molecule has 114 valence electrons. The van der Waals surface area contributed by atoms with Gasteiger partial charge in [0.1, 0.15) is 13.1 Å². The molecular weight excluding hydrogens is 389 g/mol. The molecule has 0 unspecified atom stereocenters. The van der Waals surface area contributed by atoms with E-state index < -0.39 is 31.0 Å². The van der Waals surface area contributed by atoms with Crippen molar-refractivity contribution in [1.29, 1.82) is 0 Å². The van der Waals surface area contributed by atoms with E-state index >= 15 is 0 Å². The van der Waals surface area contributed by atoms with Crippen molar-refractivity contribution in [3.63, 3.8) is 0 Å². The van der Waals surface area contributed by atoms with E-state index in [1.54, 1.807) is 0 Å². The van der Waals surface area contributed by atoms with Gasteiger partial charge in [-0.1, -0.05) is 39.1 Å². The molecule has 0 atom stereocenters. The SMILES string of the molecule is NC(=O)CN(CC(=O)O)C(=O)Nc1c(Cl)cc(Br)cc1Cl. The summed E-state index contributed by atoms with van der Waals surface area (Å²) in [5.74, 6) is -2.14. The first kappa shape index (κ1) is 17.5. The van der Waals surface area contributed by atoms with Crippen LogP contribution in [0.5, 0.6) is 0 Å². The number of anilines is 1. The fourth-order valence-corrected chi connectivity index (χ4v) is 2.70. The first-order valence-corrected chi connectivity index (χ1v) is 6.96. The van der Waals surface area contributed by atoms with Crippen LogP contribution in [0.15, 0.2) is 16.6 Å². The molecule has 0 bridgehead atoms. The van der Waals surface area contributed by atoms with E-state index in [1.165, 1.54) is 12.1 Å². The number of nitrogens with one attached hydrogen (secondary N) is 1. The van der Waals surface area contributed by atoms with E-state index in [-0.39, 0.29) is 15.7 Å². The van der Waals surface area contributed by atoms with Gasteiger partial charge in [0.25, 0.3) is 0 Å². The van der Waals surface area contributed by atoms with Crippen molar-refractivity contribution in [2.75, 3.05) is 18.4 Å². The monoisotopic (exact) mass is 397 g/mol. The average molecular weight is 399 g/mol. The topological polar surface area (TPSA) is 113 Å². The van der Waals surface area contributed by atoms with Crippen molar-refractivity contribution < 1.29 is 19.5 Å². The number of amides is 3. The maximum absolute atomic E-state index is 12.0. The van der Waals surface area contributed by atoms with E-state index in [2.05, 4.69) is 21.2 Å². The first-order chi connectivity index (χ1) is 9.70. The van der Waals surface area contributed by atoms with Gasteiger partial charge in [-0.25, -0.2) is 4.79 Å². The predicted octanol–water partition coefficient (Wildman–Crippen LogP) is 2.16. The van der Waals surface area contributed by atoms with Crippen LogP contribution in [0.25, 0.3) is 0 Å². The van der Waals surface area contributed by atoms with Gasteiger partial charge in [0, 0.05) is 4.47 Å². The van der Waals surface area contributed by atoms with E-state index in [9.17, 15) is 14.4 Å². The summed E-state index contributed by atoms with van der Waals surface area (Å²) < 4.78 is 0.607. The quantitative estimate of drug-likeness (QED) is 0.705. The van der Waals surface area contributed by atoms with Gasteiger partial charge in [0.2, 0.25) is 5.91 Å². The Hall–Kier alpha value is -1.51. The van der Waals surface area contributed by atoms with Gasteiger partial charge in [-0.2, -0.15) is 0 Å². The zero-order chi connectivity index (χ0) is 16.2. The standard InChI is InChI=1S/C11H10BrCl2N3O4/c12-5-1-6(13)10(7(14)2-5)16-11(21)17(3-8(15)18)4-9(19)20/h1-2H,3-4H2,(H2,15,18)(H,16,21)(H,19,20). The Labute approximate surface area is 138 Å². The molecule has 0 heterocycles. The number of urea groups is 1. The van der Waals surface area contributed by atoms with Crippen LogP contribution in [0.1, 0.15) is 0 Å². The summed E-state index contributed by atoms with van der Waals surface area (Å²) in [4.78, 5) is 34.3. The number of benzene rings is 1. The van der Waals surface area contributed by atoms with Gasteiger partial charge in [0.15, 0.2) is 0 Å². The lowest BCUT2D eigenvalue weighted by molar-refractivity contribution is -0.137. The third kappa shape index (κ3) is 5.41. The van der Waals surface area contributed by atoms with Gasteiger partial charge >= 0.3 is 12.0 Å². The minimum absolute atomic E-state index is 0.103. The molecule has 21 heavy (non-hydrogen) atoms. The molecule has 10 heteroatoms. The number of primary amides is 1. The van der Waals surface area contributed by atoms with E-state index in [4.69, 9.17) is 34.0 Å². The third-order valence-electron chi connectivity index (χ3n) is 2.20. The number of hydrogen-bond acceptors (Lipinski definition) is 3. The molecule has 1 rings (SSSR count). The largest absolute Gasteiger partial charge is 0.480 e. The summed E-state index contributed by atoms with van der Waals surface area (Å²) in [6, 6.07) is 2.14. The highest BCUT2D eigenvalue weighted by Crippen LogP contribution is 2.33. The van der Waals surface area contributed by atoms with Crippen molar-refractivity contribution in [1.82, 2.24) is 4.90 Å². The number of nitrogens with zero attached hydrogens (tertiary/aromatic N) is 1. The molecule has 0 saturated heterocycles. The summed E-state index contributed by atoms with van der Waals surface area (Å²) >= 11 is 15.1. The Morgan fingerprint density at radius 1 is 1.24 bits per heavy atom. The molecule has 0 fully saturated rings. The fraction of sp³-hybridized carbons (Fsp3) is 0.182. The van der Waals surface area contributed by atoms with E-state index in [0.717, 1.165) is 4.90 Å². The van der Waals surface area contributed by atoms with Crippen molar-refractivity contribution in [3.05, 3.63) is 26.7 Å². The van der Waals surface area contributed by atoms with E-state index in [0.29, 0.717) is 4.47 Å². The van der Waals surface area contributed by atoms with Crippen molar-refractivity contribution >= 4 is 62.7 Å². The second-order valence-corrected chi connectivity index (χ2v) is 5.62. The number of nitrogens with two attached hydrogens (primary N) is 1. The normalized spacial score (nSPS) is 10.0. The lowest BCUT2D eigenvalue weighted by Gasteiger charge is -2.20. The molecule has 0 saturated carbocycles. The number of hydrogen-bond donors (Lipinski definition) is 3. The summed E-state index contributed by atoms with van der Waals surface area (Å²) in [6.07, 6.45) is 0. The number of carbonyl (C=O) groups is 3. The Morgan fingerprint density at radius 2 is 1.76 bits per heavy atom. The maximum atomic E-state index is 12.0. The van der Waals surface area contributed by atoms with Crippen molar-refractivity contribution in [2.24, 2.45) is 5.73 Å². The first-order valence-electron chi connectivity index (χ1n) is 5.41. The van der Waals surface area contributed by atoms with Gasteiger partial charge in [-0.15, -0.1) is 0 Å². The molecule has 0 aliphatic carbocycles. The van der Waals surface area contributed by atoms with Crippen LogP contribution in [0.4, 0.5) is 10.5 Å². The molecule has 0 aromatic heterocycles. The highest BCUT2D eigenvalue weighted by molar-refractivity contribution is 9.10. The predicted molar refractivity (Wildman–Crippen MR) is 81.6 cm³/mol. The lowest BCUT2D eigenvalue weighted by atomic mass is 10.3. The molecule has 4 N–H and O–H groups in total.